The average Bonchev–Trinajstić information content (AvgIpc) is 2.57. The van der Waals surface area contributed by atoms with E-state index in [9.17, 15) is 0 Å². The lowest BCUT2D eigenvalue weighted by Gasteiger charge is -2.32. The van der Waals surface area contributed by atoms with Gasteiger partial charge < -0.3 is 15.0 Å². The van der Waals surface area contributed by atoms with Gasteiger partial charge in [0.05, 0.1) is 12.1 Å². The molecule has 1 heterocycles. The van der Waals surface area contributed by atoms with Crippen molar-refractivity contribution in [2.24, 2.45) is 0 Å². The molecule has 1 saturated heterocycles. The van der Waals surface area contributed by atoms with Crippen molar-refractivity contribution in [2.45, 2.75) is 57.1 Å². The standard InChI is InChI=1S/C18H28N2O/c1-21-18-8-4-3-7-17(18)19-15-9-11-16(12-10-15)20-13-5-2-6-14-20/h9-12,17-19H,2-8,13-14H2,1H3. The molecule has 3 rings (SSSR count). The third-order valence-corrected chi connectivity index (χ3v) is 4.95. The Morgan fingerprint density at radius 3 is 2.38 bits per heavy atom. The molecule has 2 fully saturated rings. The Labute approximate surface area is 128 Å². The third-order valence-electron chi connectivity index (χ3n) is 4.95. The van der Waals surface area contributed by atoms with Gasteiger partial charge in [-0.15, -0.1) is 0 Å². The van der Waals surface area contributed by atoms with Gasteiger partial charge in [-0.1, -0.05) is 12.8 Å². The van der Waals surface area contributed by atoms with Crippen molar-refractivity contribution in [1.82, 2.24) is 0 Å². The van der Waals surface area contributed by atoms with Crippen LogP contribution in [-0.2, 0) is 4.74 Å². The molecule has 0 amide bonds. The van der Waals surface area contributed by atoms with Crippen LogP contribution in [0.15, 0.2) is 24.3 Å². The summed E-state index contributed by atoms with van der Waals surface area (Å²) in [6.07, 6.45) is 9.41. The predicted octanol–water partition coefficient (Wildman–Crippen LogP) is 4.05. The van der Waals surface area contributed by atoms with Gasteiger partial charge in [0.25, 0.3) is 0 Å². The van der Waals surface area contributed by atoms with Crippen molar-refractivity contribution in [3.05, 3.63) is 24.3 Å². The van der Waals surface area contributed by atoms with E-state index in [2.05, 4.69) is 34.5 Å². The van der Waals surface area contributed by atoms with Crippen LogP contribution in [0.2, 0.25) is 0 Å². The minimum Gasteiger partial charge on any atom is -0.380 e. The summed E-state index contributed by atoms with van der Waals surface area (Å²) in [5.74, 6) is 0. The maximum atomic E-state index is 5.62. The zero-order valence-electron chi connectivity index (χ0n) is 13.2. The van der Waals surface area contributed by atoms with Gasteiger partial charge in [0.15, 0.2) is 0 Å². The first kappa shape index (κ1) is 14.7. The number of nitrogens with zero attached hydrogens (tertiary/aromatic N) is 1. The monoisotopic (exact) mass is 288 g/mol. The van der Waals surface area contributed by atoms with Crippen molar-refractivity contribution in [1.29, 1.82) is 0 Å². The van der Waals surface area contributed by atoms with Crippen LogP contribution in [-0.4, -0.2) is 32.3 Å². The van der Waals surface area contributed by atoms with Crippen LogP contribution in [0.4, 0.5) is 11.4 Å². The van der Waals surface area contributed by atoms with Gasteiger partial charge in [-0.25, -0.2) is 0 Å². The number of anilines is 2. The van der Waals surface area contributed by atoms with Crippen molar-refractivity contribution in [2.75, 3.05) is 30.4 Å². The van der Waals surface area contributed by atoms with Crippen molar-refractivity contribution >= 4 is 11.4 Å². The molecule has 3 heteroatoms. The molecule has 116 valence electrons. The smallest absolute Gasteiger partial charge is 0.0772 e. The van der Waals surface area contributed by atoms with Gasteiger partial charge in [-0.05, 0) is 56.4 Å². The Morgan fingerprint density at radius 1 is 0.952 bits per heavy atom. The highest BCUT2D eigenvalue weighted by Crippen LogP contribution is 2.26. The van der Waals surface area contributed by atoms with Gasteiger partial charge in [0.2, 0.25) is 0 Å². The van der Waals surface area contributed by atoms with Crippen LogP contribution in [0.3, 0.4) is 0 Å². The second-order valence-electron chi connectivity index (χ2n) is 6.40. The minimum absolute atomic E-state index is 0.362. The number of rotatable bonds is 4. The summed E-state index contributed by atoms with van der Waals surface area (Å²) in [6, 6.07) is 9.44. The first-order valence-electron chi connectivity index (χ1n) is 8.51. The Bertz CT molecular complexity index is 425. The minimum atomic E-state index is 0.362. The molecular weight excluding hydrogens is 260 g/mol. The highest BCUT2D eigenvalue weighted by Gasteiger charge is 2.24. The Hall–Kier alpha value is -1.22. The number of benzene rings is 1. The summed E-state index contributed by atoms with van der Waals surface area (Å²) in [6.45, 7) is 2.42. The van der Waals surface area contributed by atoms with Gasteiger partial charge in [0.1, 0.15) is 0 Å². The molecule has 1 saturated carbocycles. The number of ether oxygens (including phenoxy) is 1. The highest BCUT2D eigenvalue weighted by molar-refractivity contribution is 5.55. The number of hydrogen-bond donors (Lipinski definition) is 1. The summed E-state index contributed by atoms with van der Waals surface area (Å²) in [5.41, 5.74) is 2.59. The van der Waals surface area contributed by atoms with Crippen LogP contribution in [0.25, 0.3) is 0 Å². The molecule has 0 bridgehead atoms. The number of nitrogens with one attached hydrogen (secondary N) is 1. The molecule has 1 aromatic carbocycles. The molecule has 0 spiro atoms. The molecule has 1 N–H and O–H groups in total. The zero-order chi connectivity index (χ0) is 14.5. The lowest BCUT2D eigenvalue weighted by atomic mass is 9.92. The second-order valence-corrected chi connectivity index (χ2v) is 6.40. The summed E-state index contributed by atoms with van der Waals surface area (Å²) in [4.78, 5) is 2.51. The van der Waals surface area contributed by atoms with Crippen LogP contribution in [0, 0.1) is 0 Å². The van der Waals surface area contributed by atoms with Crippen LogP contribution >= 0.6 is 0 Å². The number of hydrogen-bond acceptors (Lipinski definition) is 3. The van der Waals surface area contributed by atoms with E-state index in [1.165, 1.54) is 69.4 Å². The lowest BCUT2D eigenvalue weighted by molar-refractivity contribution is 0.0606. The van der Waals surface area contributed by atoms with E-state index in [1.807, 2.05) is 7.11 Å². The molecule has 1 aromatic rings. The molecule has 21 heavy (non-hydrogen) atoms. The second kappa shape index (κ2) is 7.17. The Balaban J connectivity index is 1.61. The first-order chi connectivity index (χ1) is 10.4. The van der Waals surface area contributed by atoms with E-state index >= 15 is 0 Å². The van der Waals surface area contributed by atoms with Crippen LogP contribution in [0.5, 0.6) is 0 Å². The fourth-order valence-electron chi connectivity index (χ4n) is 3.68. The average molecular weight is 288 g/mol. The molecule has 1 aliphatic carbocycles. The third kappa shape index (κ3) is 3.70. The Morgan fingerprint density at radius 2 is 1.67 bits per heavy atom. The largest absolute Gasteiger partial charge is 0.380 e. The predicted molar refractivity (Wildman–Crippen MR) is 89.2 cm³/mol. The molecule has 2 atom stereocenters. The summed E-state index contributed by atoms with van der Waals surface area (Å²) in [7, 11) is 1.84. The van der Waals surface area contributed by atoms with Crippen molar-refractivity contribution in [3.63, 3.8) is 0 Å². The topological polar surface area (TPSA) is 24.5 Å². The van der Waals surface area contributed by atoms with E-state index in [1.54, 1.807) is 0 Å². The molecule has 0 aromatic heterocycles. The fraction of sp³-hybridized carbons (Fsp3) is 0.667. The molecule has 3 nitrogen and oxygen atoms in total. The van der Waals surface area contributed by atoms with E-state index in [-0.39, 0.29) is 0 Å². The number of methoxy groups -OCH3 is 1. The summed E-state index contributed by atoms with van der Waals surface area (Å²) >= 11 is 0. The molecule has 2 aliphatic rings. The summed E-state index contributed by atoms with van der Waals surface area (Å²) in [5, 5.41) is 3.67. The SMILES string of the molecule is COC1CCCCC1Nc1ccc(N2CCCCC2)cc1. The number of piperidine rings is 1. The summed E-state index contributed by atoms with van der Waals surface area (Å²) < 4.78 is 5.62. The van der Waals surface area contributed by atoms with E-state index in [0.717, 1.165) is 0 Å². The van der Waals surface area contributed by atoms with Gasteiger partial charge in [-0.3, -0.25) is 0 Å². The molecular formula is C18H28N2O. The molecule has 1 aliphatic heterocycles. The van der Waals surface area contributed by atoms with Crippen molar-refractivity contribution < 1.29 is 4.74 Å². The maximum absolute atomic E-state index is 5.62. The first-order valence-corrected chi connectivity index (χ1v) is 8.51. The Kier molecular flexibility index (Phi) is 5.02. The van der Waals surface area contributed by atoms with Gasteiger partial charge in [0, 0.05) is 31.6 Å². The van der Waals surface area contributed by atoms with E-state index < -0.39 is 0 Å². The normalized spacial score (nSPS) is 26.6. The van der Waals surface area contributed by atoms with E-state index in [0.29, 0.717) is 12.1 Å². The van der Waals surface area contributed by atoms with Crippen molar-refractivity contribution in [3.8, 4) is 0 Å². The molecule has 0 radical (unpaired) electrons. The molecule has 2 unspecified atom stereocenters. The van der Waals surface area contributed by atoms with Gasteiger partial charge >= 0.3 is 0 Å². The van der Waals surface area contributed by atoms with Crippen LogP contribution < -0.4 is 10.2 Å². The zero-order valence-corrected chi connectivity index (χ0v) is 13.2. The van der Waals surface area contributed by atoms with Crippen LogP contribution in [0.1, 0.15) is 44.9 Å². The lowest BCUT2D eigenvalue weighted by Crippen LogP contribution is -2.37. The van der Waals surface area contributed by atoms with Gasteiger partial charge in [-0.2, -0.15) is 0 Å². The fourth-order valence-corrected chi connectivity index (χ4v) is 3.68. The maximum Gasteiger partial charge on any atom is 0.0772 e. The highest BCUT2D eigenvalue weighted by atomic mass is 16.5. The quantitative estimate of drug-likeness (QED) is 0.904. The van der Waals surface area contributed by atoms with E-state index in [4.69, 9.17) is 4.74 Å².